The number of benzene rings is 1. The van der Waals surface area contributed by atoms with Crippen molar-refractivity contribution in [3.8, 4) is 0 Å². The summed E-state index contributed by atoms with van der Waals surface area (Å²) < 4.78 is 11.7. The van der Waals surface area contributed by atoms with Crippen LogP contribution in [0, 0.1) is 0 Å². The van der Waals surface area contributed by atoms with E-state index >= 15 is 0 Å². The Hall–Kier alpha value is -3.68. The van der Waals surface area contributed by atoms with E-state index in [1.165, 1.54) is 27.9 Å². The smallest absolute Gasteiger partial charge is 0.339 e. The highest BCUT2D eigenvalue weighted by Crippen LogP contribution is 2.33. The van der Waals surface area contributed by atoms with Crippen LogP contribution in [-0.2, 0) is 30.4 Å². The molecule has 2 heterocycles. The van der Waals surface area contributed by atoms with E-state index in [2.05, 4.69) is 0 Å². The number of aromatic nitrogens is 1. The van der Waals surface area contributed by atoms with Gasteiger partial charge in [-0.15, -0.1) is 0 Å². The van der Waals surface area contributed by atoms with E-state index < -0.39 is 23.9 Å². The molecule has 1 aliphatic rings. The molecule has 1 aliphatic heterocycles. The molecule has 2 aromatic rings. The molecule has 0 aliphatic carbocycles. The van der Waals surface area contributed by atoms with Crippen molar-refractivity contribution >= 4 is 29.8 Å². The summed E-state index contributed by atoms with van der Waals surface area (Å²) >= 11 is 0. The standard InChI is InChI=1S/C22H22N2O6/c1-3-29-21(27)17-18(23-11-10-16(12-23)14-25)20(26)24(19(17)22(28)30-4-2)13-15-8-6-5-7-9-15/h5-12,14,19H,3-4,13H2,1-2H3. The fourth-order valence-electron chi connectivity index (χ4n) is 3.35. The normalized spacial score (nSPS) is 16.0. The zero-order chi connectivity index (χ0) is 21.7. The highest BCUT2D eigenvalue weighted by atomic mass is 16.5. The number of esters is 2. The van der Waals surface area contributed by atoms with E-state index in [0.29, 0.717) is 11.8 Å². The molecule has 1 atom stereocenters. The van der Waals surface area contributed by atoms with Crippen LogP contribution in [0.1, 0.15) is 29.8 Å². The molecular formula is C22H22N2O6. The SMILES string of the molecule is CCOC(=O)C1=C(n2ccc(C=O)c2)C(=O)N(Cc2ccccc2)C1C(=O)OCC. The van der Waals surface area contributed by atoms with Gasteiger partial charge >= 0.3 is 11.9 Å². The molecule has 30 heavy (non-hydrogen) atoms. The van der Waals surface area contributed by atoms with Gasteiger partial charge < -0.3 is 18.9 Å². The van der Waals surface area contributed by atoms with Gasteiger partial charge in [0.1, 0.15) is 11.3 Å². The predicted molar refractivity (Wildman–Crippen MR) is 107 cm³/mol. The van der Waals surface area contributed by atoms with Crippen molar-refractivity contribution in [2.45, 2.75) is 26.4 Å². The number of ether oxygens (including phenoxy) is 2. The van der Waals surface area contributed by atoms with Gasteiger partial charge in [0.15, 0.2) is 12.3 Å². The second kappa shape index (κ2) is 9.21. The van der Waals surface area contributed by atoms with Gasteiger partial charge in [-0.1, -0.05) is 30.3 Å². The van der Waals surface area contributed by atoms with Gasteiger partial charge in [0.2, 0.25) is 0 Å². The topological polar surface area (TPSA) is 94.9 Å². The molecule has 1 amide bonds. The molecule has 8 nitrogen and oxygen atoms in total. The maximum Gasteiger partial charge on any atom is 0.339 e. The summed E-state index contributed by atoms with van der Waals surface area (Å²) in [4.78, 5) is 51.4. The minimum Gasteiger partial charge on any atom is -0.464 e. The Morgan fingerprint density at radius 3 is 2.37 bits per heavy atom. The van der Waals surface area contributed by atoms with Crippen LogP contribution in [0.4, 0.5) is 0 Å². The Bertz CT molecular complexity index is 992. The molecule has 0 saturated heterocycles. The van der Waals surface area contributed by atoms with Crippen LogP contribution < -0.4 is 0 Å². The molecule has 0 N–H and O–H groups in total. The molecular weight excluding hydrogens is 388 g/mol. The number of carbonyl (C=O) groups is 4. The molecule has 1 aromatic heterocycles. The fourth-order valence-corrected chi connectivity index (χ4v) is 3.35. The van der Waals surface area contributed by atoms with Gasteiger partial charge in [0, 0.05) is 24.5 Å². The van der Waals surface area contributed by atoms with Crippen LogP contribution in [0.3, 0.4) is 0 Å². The molecule has 3 rings (SSSR count). The van der Waals surface area contributed by atoms with E-state index in [1.54, 1.807) is 13.8 Å². The minimum absolute atomic E-state index is 0.0319. The summed E-state index contributed by atoms with van der Waals surface area (Å²) in [6.45, 7) is 3.54. The molecule has 0 saturated carbocycles. The van der Waals surface area contributed by atoms with Gasteiger partial charge in [-0.25, -0.2) is 9.59 Å². The lowest BCUT2D eigenvalue weighted by Gasteiger charge is -2.24. The number of aldehydes is 1. The third-order valence-electron chi connectivity index (χ3n) is 4.61. The third-order valence-corrected chi connectivity index (χ3v) is 4.61. The van der Waals surface area contributed by atoms with Gasteiger partial charge in [0.25, 0.3) is 5.91 Å². The Morgan fingerprint density at radius 1 is 1.07 bits per heavy atom. The molecule has 0 bridgehead atoms. The second-order valence-corrected chi connectivity index (χ2v) is 6.53. The number of hydrogen-bond donors (Lipinski definition) is 0. The van der Waals surface area contributed by atoms with Crippen molar-refractivity contribution in [2.75, 3.05) is 13.2 Å². The lowest BCUT2D eigenvalue weighted by Crippen LogP contribution is -2.43. The first kappa shape index (κ1) is 21.0. The van der Waals surface area contributed by atoms with Crippen LogP contribution in [0.15, 0.2) is 54.4 Å². The quantitative estimate of drug-likeness (QED) is 0.488. The summed E-state index contributed by atoms with van der Waals surface area (Å²) in [6.07, 6.45) is 3.54. The summed E-state index contributed by atoms with van der Waals surface area (Å²) in [5.74, 6) is -2.04. The molecule has 8 heteroatoms. The number of hydrogen-bond acceptors (Lipinski definition) is 6. The highest BCUT2D eigenvalue weighted by Gasteiger charge is 2.48. The summed E-state index contributed by atoms with van der Waals surface area (Å²) in [5, 5.41) is 0. The van der Waals surface area contributed by atoms with Crippen LogP contribution in [0.5, 0.6) is 0 Å². The molecule has 1 unspecified atom stereocenters. The van der Waals surface area contributed by atoms with Gasteiger partial charge in [-0.05, 0) is 25.5 Å². The largest absolute Gasteiger partial charge is 0.464 e. The van der Waals surface area contributed by atoms with Gasteiger partial charge in [-0.3, -0.25) is 9.59 Å². The monoisotopic (exact) mass is 410 g/mol. The number of nitrogens with zero attached hydrogens (tertiary/aromatic N) is 2. The van der Waals surface area contributed by atoms with E-state index in [4.69, 9.17) is 9.47 Å². The average molecular weight is 410 g/mol. The van der Waals surface area contributed by atoms with Crippen molar-refractivity contribution in [2.24, 2.45) is 0 Å². The Balaban J connectivity index is 2.14. The zero-order valence-corrected chi connectivity index (χ0v) is 16.7. The minimum atomic E-state index is -1.26. The van der Waals surface area contributed by atoms with Gasteiger partial charge in [0.05, 0.1) is 13.2 Å². The number of carbonyl (C=O) groups excluding carboxylic acids is 4. The average Bonchev–Trinajstić information content (AvgIpc) is 3.32. The molecule has 1 aromatic carbocycles. The lowest BCUT2D eigenvalue weighted by atomic mass is 10.1. The van der Waals surface area contributed by atoms with Crippen LogP contribution >= 0.6 is 0 Å². The Kier molecular flexibility index (Phi) is 6.46. The summed E-state index contributed by atoms with van der Waals surface area (Å²) in [7, 11) is 0. The summed E-state index contributed by atoms with van der Waals surface area (Å²) in [6, 6.07) is 9.36. The van der Waals surface area contributed by atoms with E-state index in [1.807, 2.05) is 30.3 Å². The molecule has 0 radical (unpaired) electrons. The van der Waals surface area contributed by atoms with Crippen LogP contribution in [0.2, 0.25) is 0 Å². The molecule has 0 spiro atoms. The maximum atomic E-state index is 13.4. The van der Waals surface area contributed by atoms with Crippen molar-refractivity contribution in [3.05, 3.63) is 65.5 Å². The van der Waals surface area contributed by atoms with E-state index in [9.17, 15) is 19.2 Å². The lowest BCUT2D eigenvalue weighted by molar-refractivity contribution is -0.153. The van der Waals surface area contributed by atoms with E-state index in [-0.39, 0.29) is 31.0 Å². The van der Waals surface area contributed by atoms with E-state index in [0.717, 1.165) is 5.56 Å². The first-order chi connectivity index (χ1) is 14.5. The maximum absolute atomic E-state index is 13.4. The van der Waals surface area contributed by atoms with Crippen LogP contribution in [-0.4, -0.2) is 52.9 Å². The number of amides is 1. The van der Waals surface area contributed by atoms with Crippen molar-refractivity contribution in [3.63, 3.8) is 0 Å². The first-order valence-electron chi connectivity index (χ1n) is 9.58. The Morgan fingerprint density at radius 2 is 1.77 bits per heavy atom. The predicted octanol–water partition coefficient (Wildman–Crippen LogP) is 2.05. The molecule has 0 fully saturated rings. The van der Waals surface area contributed by atoms with Crippen molar-refractivity contribution in [1.29, 1.82) is 0 Å². The van der Waals surface area contributed by atoms with Gasteiger partial charge in [-0.2, -0.15) is 0 Å². The van der Waals surface area contributed by atoms with Crippen molar-refractivity contribution < 1.29 is 28.7 Å². The third kappa shape index (κ3) is 4.03. The second-order valence-electron chi connectivity index (χ2n) is 6.53. The highest BCUT2D eigenvalue weighted by molar-refractivity contribution is 6.26. The first-order valence-corrected chi connectivity index (χ1v) is 9.58. The summed E-state index contributed by atoms with van der Waals surface area (Å²) in [5.41, 5.74) is 0.971. The number of rotatable bonds is 8. The fraction of sp³-hybridized carbons (Fsp3) is 0.273. The zero-order valence-electron chi connectivity index (χ0n) is 16.7. The molecule has 156 valence electrons. The Labute approximate surface area is 173 Å². The van der Waals surface area contributed by atoms with Crippen molar-refractivity contribution in [1.82, 2.24) is 9.47 Å². The van der Waals surface area contributed by atoms with Crippen LogP contribution in [0.25, 0.3) is 5.70 Å².